The minimum absolute atomic E-state index is 0.361. The van der Waals surface area contributed by atoms with E-state index in [0.29, 0.717) is 35.9 Å². The van der Waals surface area contributed by atoms with Crippen LogP contribution in [0.1, 0.15) is 11.1 Å². The van der Waals surface area contributed by atoms with Crippen molar-refractivity contribution in [1.29, 1.82) is 0 Å². The number of hydrogen-bond donors (Lipinski definition) is 1. The number of aromatic amines is 1. The second kappa shape index (κ2) is 8.70. The van der Waals surface area contributed by atoms with Crippen LogP contribution >= 0.6 is 0 Å². The number of para-hydroxylation sites is 1. The molecule has 0 amide bonds. The van der Waals surface area contributed by atoms with Crippen molar-refractivity contribution in [2.45, 2.75) is 13.2 Å². The first-order valence-electron chi connectivity index (χ1n) is 11.5. The maximum Gasteiger partial charge on any atom is 0.329 e. The van der Waals surface area contributed by atoms with Crippen molar-refractivity contribution in [3.05, 3.63) is 117 Å². The van der Waals surface area contributed by atoms with E-state index in [0.717, 1.165) is 22.4 Å². The summed E-state index contributed by atoms with van der Waals surface area (Å²) < 4.78 is 10.8. The number of ether oxygens (including phenoxy) is 1. The van der Waals surface area contributed by atoms with Gasteiger partial charge in [-0.1, -0.05) is 72.8 Å². The number of imidazole rings is 1. The largest absolute Gasteiger partial charge is 0.489 e. The molecule has 0 saturated heterocycles. The Hall–Kier alpha value is -4.92. The lowest BCUT2D eigenvalue weighted by Crippen LogP contribution is -2.29. The Kier molecular flexibility index (Phi) is 5.22. The highest BCUT2D eigenvalue weighted by atomic mass is 16.5. The Morgan fingerprint density at radius 1 is 0.833 bits per heavy atom. The molecule has 178 valence electrons. The highest BCUT2D eigenvalue weighted by Gasteiger charge is 2.23. The Labute approximate surface area is 204 Å². The van der Waals surface area contributed by atoms with Crippen LogP contribution in [0.3, 0.4) is 0 Å². The van der Waals surface area contributed by atoms with E-state index in [9.17, 15) is 9.59 Å². The second-order valence-corrected chi connectivity index (χ2v) is 8.52. The lowest BCUT2D eigenvalue weighted by molar-refractivity contribution is 0.306. The van der Waals surface area contributed by atoms with Crippen LogP contribution in [0, 0.1) is 0 Å². The number of rotatable bonds is 6. The summed E-state index contributed by atoms with van der Waals surface area (Å²) in [6, 6.07) is 27.2. The van der Waals surface area contributed by atoms with Gasteiger partial charge in [0.15, 0.2) is 17.0 Å². The van der Waals surface area contributed by atoms with E-state index in [1.54, 1.807) is 16.0 Å². The zero-order chi connectivity index (χ0) is 24.6. The number of H-pyrrole nitrogens is 1. The molecule has 0 radical (unpaired) electrons. The van der Waals surface area contributed by atoms with Crippen LogP contribution < -0.4 is 16.0 Å². The third kappa shape index (κ3) is 3.67. The zero-order valence-electron chi connectivity index (χ0n) is 19.5. The number of benzene rings is 3. The van der Waals surface area contributed by atoms with E-state index in [1.807, 2.05) is 84.9 Å². The number of aryl methyl sites for hydroxylation is 1. The van der Waals surface area contributed by atoms with Crippen molar-refractivity contribution < 1.29 is 4.74 Å². The first kappa shape index (κ1) is 21.6. The van der Waals surface area contributed by atoms with Crippen LogP contribution in [0.2, 0.25) is 0 Å². The van der Waals surface area contributed by atoms with Gasteiger partial charge in [0.05, 0.1) is 6.54 Å². The van der Waals surface area contributed by atoms with Gasteiger partial charge in [-0.3, -0.25) is 18.9 Å². The lowest BCUT2D eigenvalue weighted by Gasteiger charge is -2.07. The van der Waals surface area contributed by atoms with E-state index in [4.69, 9.17) is 4.74 Å². The topological polar surface area (TPSA) is 99.2 Å². The molecular weight excluding hydrogens is 456 g/mol. The Balaban J connectivity index is 1.45. The Bertz CT molecular complexity index is 1800. The van der Waals surface area contributed by atoms with Crippen molar-refractivity contribution in [1.82, 2.24) is 28.7 Å². The first-order valence-corrected chi connectivity index (χ1v) is 11.5. The summed E-state index contributed by atoms with van der Waals surface area (Å²) in [4.78, 5) is 27.9. The van der Waals surface area contributed by atoms with E-state index < -0.39 is 11.2 Å². The van der Waals surface area contributed by atoms with Gasteiger partial charge in [-0.05, 0) is 23.3 Å². The van der Waals surface area contributed by atoms with E-state index in [2.05, 4.69) is 15.2 Å². The summed E-state index contributed by atoms with van der Waals surface area (Å²) in [6.07, 6.45) is 0. The van der Waals surface area contributed by atoms with Crippen LogP contribution in [0.25, 0.3) is 28.3 Å². The summed E-state index contributed by atoms with van der Waals surface area (Å²) in [5.41, 5.74) is 2.63. The number of nitrogens with one attached hydrogen (secondary N) is 1. The number of hydrogen-bond acceptors (Lipinski definition) is 5. The summed E-state index contributed by atoms with van der Waals surface area (Å²) in [7, 11) is 1.63. The standard InChI is InChI=1S/C27H22N6O3/c1-31-25-22(24(34)28-27(31)35)32(16-18-8-4-2-5-9-18)26-30-29-23(33(25)26)20-14-12-19(13-15-20)17-36-21-10-6-3-7-11-21/h2-15H,16-17H2,1H3,(H,28,34,35). The van der Waals surface area contributed by atoms with Gasteiger partial charge in [-0.25, -0.2) is 9.20 Å². The van der Waals surface area contributed by atoms with E-state index in [-0.39, 0.29) is 0 Å². The molecule has 0 fully saturated rings. The second-order valence-electron chi connectivity index (χ2n) is 8.52. The molecule has 6 rings (SSSR count). The summed E-state index contributed by atoms with van der Waals surface area (Å²) in [5.74, 6) is 1.82. The monoisotopic (exact) mass is 478 g/mol. The summed E-state index contributed by atoms with van der Waals surface area (Å²) in [6.45, 7) is 0.836. The lowest BCUT2D eigenvalue weighted by atomic mass is 10.1. The van der Waals surface area contributed by atoms with Gasteiger partial charge in [0.2, 0.25) is 5.78 Å². The number of nitrogens with zero attached hydrogens (tertiary/aromatic N) is 5. The molecule has 0 atom stereocenters. The molecule has 9 heteroatoms. The molecule has 0 saturated carbocycles. The molecule has 0 aliphatic rings. The number of aromatic nitrogens is 6. The molecule has 6 aromatic rings. The first-order chi connectivity index (χ1) is 17.6. The Morgan fingerprint density at radius 2 is 1.53 bits per heavy atom. The van der Waals surface area contributed by atoms with E-state index in [1.165, 1.54) is 4.57 Å². The van der Waals surface area contributed by atoms with Gasteiger partial charge in [0, 0.05) is 12.6 Å². The molecule has 9 nitrogen and oxygen atoms in total. The van der Waals surface area contributed by atoms with Gasteiger partial charge >= 0.3 is 5.69 Å². The molecule has 1 N–H and O–H groups in total. The molecule has 0 spiro atoms. The van der Waals surface area contributed by atoms with Gasteiger partial charge in [-0.15, -0.1) is 10.2 Å². The molecular formula is C27H22N6O3. The van der Waals surface area contributed by atoms with Crippen molar-refractivity contribution in [3.63, 3.8) is 0 Å². The number of fused-ring (bicyclic) bond motifs is 3. The van der Waals surface area contributed by atoms with Crippen LogP contribution in [-0.4, -0.2) is 28.7 Å². The van der Waals surface area contributed by atoms with Crippen LogP contribution in [0.5, 0.6) is 5.75 Å². The smallest absolute Gasteiger partial charge is 0.329 e. The van der Waals surface area contributed by atoms with E-state index >= 15 is 0 Å². The average molecular weight is 479 g/mol. The molecule has 0 aliphatic heterocycles. The minimum Gasteiger partial charge on any atom is -0.489 e. The average Bonchev–Trinajstić information content (AvgIpc) is 3.47. The van der Waals surface area contributed by atoms with Gasteiger partial charge in [0.25, 0.3) is 5.56 Å². The van der Waals surface area contributed by atoms with Crippen molar-refractivity contribution >= 4 is 16.9 Å². The molecule has 0 unspecified atom stereocenters. The zero-order valence-corrected chi connectivity index (χ0v) is 19.5. The predicted octanol–water partition coefficient (Wildman–Crippen LogP) is 3.37. The quantitative estimate of drug-likeness (QED) is 0.396. The van der Waals surface area contributed by atoms with Crippen LogP contribution in [0.4, 0.5) is 0 Å². The summed E-state index contributed by atoms with van der Waals surface area (Å²) >= 11 is 0. The maximum absolute atomic E-state index is 12.9. The molecule has 36 heavy (non-hydrogen) atoms. The fraction of sp³-hybridized carbons (Fsp3) is 0.111. The van der Waals surface area contributed by atoms with Crippen molar-refractivity contribution in [3.8, 4) is 17.1 Å². The molecule has 3 aromatic heterocycles. The normalized spacial score (nSPS) is 11.4. The highest BCUT2D eigenvalue weighted by molar-refractivity contribution is 5.79. The van der Waals surface area contributed by atoms with Crippen LogP contribution in [-0.2, 0) is 20.2 Å². The third-order valence-electron chi connectivity index (χ3n) is 6.18. The van der Waals surface area contributed by atoms with Gasteiger partial charge < -0.3 is 4.74 Å². The minimum atomic E-state index is -0.501. The molecule has 3 heterocycles. The Morgan fingerprint density at radius 3 is 2.25 bits per heavy atom. The molecule has 0 bridgehead atoms. The van der Waals surface area contributed by atoms with Crippen LogP contribution in [0.15, 0.2) is 94.5 Å². The molecule has 3 aromatic carbocycles. The predicted molar refractivity (Wildman–Crippen MR) is 136 cm³/mol. The molecule has 0 aliphatic carbocycles. The fourth-order valence-corrected chi connectivity index (χ4v) is 4.38. The van der Waals surface area contributed by atoms with Gasteiger partial charge in [0.1, 0.15) is 12.4 Å². The van der Waals surface area contributed by atoms with Gasteiger partial charge in [-0.2, -0.15) is 0 Å². The van der Waals surface area contributed by atoms with Crippen molar-refractivity contribution in [2.75, 3.05) is 0 Å². The van der Waals surface area contributed by atoms with Crippen molar-refractivity contribution in [2.24, 2.45) is 7.05 Å². The fourth-order valence-electron chi connectivity index (χ4n) is 4.38. The third-order valence-corrected chi connectivity index (χ3v) is 6.18. The SMILES string of the molecule is Cn1c(=O)[nH]c(=O)c2c1n1c(-c3ccc(COc4ccccc4)cc3)nnc1n2Cc1ccccc1. The summed E-state index contributed by atoms with van der Waals surface area (Å²) in [5, 5.41) is 8.86. The maximum atomic E-state index is 12.9. The highest BCUT2D eigenvalue weighted by Crippen LogP contribution is 2.25.